The number of methoxy groups -OCH3 is 1. The summed E-state index contributed by atoms with van der Waals surface area (Å²) in [5.41, 5.74) is 2.33. The smallest absolute Gasteiger partial charge is 0.293 e. The first kappa shape index (κ1) is 24.5. The molecule has 0 atom stereocenters. The van der Waals surface area contributed by atoms with Gasteiger partial charge in [0.05, 0.1) is 34.7 Å². The van der Waals surface area contributed by atoms with Crippen LogP contribution in [0.25, 0.3) is 6.08 Å². The van der Waals surface area contributed by atoms with Crippen LogP contribution in [-0.2, 0) is 17.9 Å². The highest BCUT2D eigenvalue weighted by Gasteiger charge is 2.35. The Labute approximate surface area is 214 Å². The molecule has 0 radical (unpaired) electrons. The van der Waals surface area contributed by atoms with Gasteiger partial charge in [-0.3, -0.25) is 14.5 Å². The van der Waals surface area contributed by atoms with Crippen LogP contribution in [0.1, 0.15) is 22.3 Å². The van der Waals surface area contributed by atoms with E-state index in [-0.39, 0.29) is 23.6 Å². The van der Waals surface area contributed by atoms with Gasteiger partial charge >= 0.3 is 0 Å². The highest BCUT2D eigenvalue weighted by Crippen LogP contribution is 2.39. The Balaban J connectivity index is 1.52. The van der Waals surface area contributed by atoms with E-state index < -0.39 is 17.0 Å². The SMILES string of the molecule is COc1cc(/C=C2\SC(=O)N(Cc3ccccc3F)C2=O)cc(Br)c1OCc1ccc(C#N)cc1. The zero-order valence-electron chi connectivity index (χ0n) is 18.5. The first-order valence-corrected chi connectivity index (χ1v) is 12.0. The van der Waals surface area contributed by atoms with E-state index in [1.54, 1.807) is 48.5 Å². The van der Waals surface area contributed by atoms with Crippen LogP contribution >= 0.6 is 27.7 Å². The van der Waals surface area contributed by atoms with Gasteiger partial charge in [0, 0.05) is 5.56 Å². The molecule has 1 fully saturated rings. The third-order valence-electron chi connectivity index (χ3n) is 5.18. The number of thioether (sulfide) groups is 1. The minimum atomic E-state index is -0.487. The van der Waals surface area contributed by atoms with Crippen molar-refractivity contribution in [3.63, 3.8) is 0 Å². The molecule has 1 aliphatic heterocycles. The van der Waals surface area contributed by atoms with Crippen molar-refractivity contribution >= 4 is 44.9 Å². The van der Waals surface area contributed by atoms with Crippen LogP contribution in [0.5, 0.6) is 11.5 Å². The van der Waals surface area contributed by atoms with Crippen molar-refractivity contribution in [2.75, 3.05) is 7.11 Å². The van der Waals surface area contributed by atoms with E-state index in [9.17, 15) is 14.0 Å². The molecule has 176 valence electrons. The van der Waals surface area contributed by atoms with Gasteiger partial charge in [0.15, 0.2) is 11.5 Å². The van der Waals surface area contributed by atoms with E-state index in [2.05, 4.69) is 22.0 Å². The van der Waals surface area contributed by atoms with Crippen LogP contribution in [0, 0.1) is 17.1 Å². The van der Waals surface area contributed by atoms with Gasteiger partial charge in [0.2, 0.25) is 0 Å². The molecular weight excluding hydrogens is 535 g/mol. The fraction of sp³-hybridized carbons (Fsp3) is 0.115. The number of nitriles is 1. The van der Waals surface area contributed by atoms with Crippen LogP contribution in [0.3, 0.4) is 0 Å². The average molecular weight is 553 g/mol. The van der Waals surface area contributed by atoms with Gasteiger partial charge in [-0.2, -0.15) is 5.26 Å². The largest absolute Gasteiger partial charge is 0.493 e. The quantitative estimate of drug-likeness (QED) is 0.321. The van der Waals surface area contributed by atoms with E-state index in [4.69, 9.17) is 14.7 Å². The minimum Gasteiger partial charge on any atom is -0.493 e. The van der Waals surface area contributed by atoms with E-state index in [1.807, 2.05) is 12.1 Å². The summed E-state index contributed by atoms with van der Waals surface area (Å²) in [5.74, 6) is -0.0493. The van der Waals surface area contributed by atoms with Crippen molar-refractivity contribution in [2.24, 2.45) is 0 Å². The van der Waals surface area contributed by atoms with E-state index in [1.165, 1.54) is 13.2 Å². The first-order chi connectivity index (χ1) is 16.9. The molecule has 3 aromatic rings. The summed E-state index contributed by atoms with van der Waals surface area (Å²) in [5, 5.41) is 8.46. The van der Waals surface area contributed by atoms with Gasteiger partial charge in [-0.1, -0.05) is 30.3 Å². The summed E-state index contributed by atoms with van der Waals surface area (Å²) in [6.45, 7) is 0.124. The van der Waals surface area contributed by atoms with Crippen molar-refractivity contribution in [1.82, 2.24) is 4.90 Å². The third-order valence-corrected chi connectivity index (χ3v) is 6.67. The van der Waals surface area contributed by atoms with Gasteiger partial charge in [0.25, 0.3) is 11.1 Å². The molecule has 0 aliphatic carbocycles. The number of imide groups is 1. The number of hydrogen-bond acceptors (Lipinski definition) is 6. The number of carbonyl (C=O) groups is 2. The number of amides is 2. The van der Waals surface area contributed by atoms with Gasteiger partial charge in [-0.05, 0) is 75.2 Å². The van der Waals surface area contributed by atoms with Crippen molar-refractivity contribution in [2.45, 2.75) is 13.2 Å². The van der Waals surface area contributed by atoms with Crippen LogP contribution < -0.4 is 9.47 Å². The minimum absolute atomic E-state index is 0.135. The van der Waals surface area contributed by atoms with E-state index in [0.717, 1.165) is 22.2 Å². The lowest BCUT2D eigenvalue weighted by molar-refractivity contribution is -0.123. The van der Waals surface area contributed by atoms with Crippen LogP contribution in [0.2, 0.25) is 0 Å². The van der Waals surface area contributed by atoms with Crippen molar-refractivity contribution < 1.29 is 23.5 Å². The monoisotopic (exact) mass is 552 g/mol. The molecular formula is C26H18BrFN2O4S. The summed E-state index contributed by atoms with van der Waals surface area (Å²) >= 11 is 4.29. The maximum Gasteiger partial charge on any atom is 0.293 e. The third kappa shape index (κ3) is 5.56. The first-order valence-electron chi connectivity index (χ1n) is 10.4. The standard InChI is InChI=1S/C26H18BrFN2O4S/c1-33-22-11-18(10-20(27)24(22)34-15-17-8-6-16(13-29)7-9-17)12-23-25(31)30(26(32)35-23)14-19-4-2-3-5-21(19)28/h2-12H,14-15H2,1H3/b23-12-. The predicted molar refractivity (Wildman–Crippen MR) is 134 cm³/mol. The Morgan fingerprint density at radius 2 is 1.89 bits per heavy atom. The lowest BCUT2D eigenvalue weighted by atomic mass is 10.1. The molecule has 0 unspecified atom stereocenters. The molecule has 1 saturated heterocycles. The molecule has 0 N–H and O–H groups in total. The summed E-state index contributed by atoms with van der Waals surface area (Å²) in [7, 11) is 1.50. The normalized spacial score (nSPS) is 14.3. The number of nitrogens with zero attached hydrogens (tertiary/aromatic N) is 2. The molecule has 9 heteroatoms. The van der Waals surface area contributed by atoms with Crippen molar-refractivity contribution in [3.8, 4) is 17.6 Å². The molecule has 0 aromatic heterocycles. The molecule has 3 aromatic carbocycles. The van der Waals surface area contributed by atoms with Gasteiger partial charge in [-0.25, -0.2) is 4.39 Å². The molecule has 4 rings (SSSR count). The lowest BCUT2D eigenvalue weighted by Crippen LogP contribution is -2.27. The Morgan fingerprint density at radius 3 is 2.57 bits per heavy atom. The molecule has 1 aliphatic rings. The topological polar surface area (TPSA) is 79.6 Å². The Morgan fingerprint density at radius 1 is 1.14 bits per heavy atom. The predicted octanol–water partition coefficient (Wildman–Crippen LogP) is 6.28. The number of ether oxygens (including phenoxy) is 2. The molecule has 6 nitrogen and oxygen atoms in total. The van der Waals surface area contributed by atoms with Gasteiger partial charge < -0.3 is 9.47 Å². The highest BCUT2D eigenvalue weighted by molar-refractivity contribution is 9.10. The molecule has 0 bridgehead atoms. The maximum atomic E-state index is 14.0. The number of benzene rings is 3. The second-order valence-corrected chi connectivity index (χ2v) is 9.34. The Kier molecular flexibility index (Phi) is 7.54. The molecule has 0 spiro atoms. The summed E-state index contributed by atoms with van der Waals surface area (Å²) in [6, 6.07) is 18.6. The lowest BCUT2D eigenvalue weighted by Gasteiger charge is -2.14. The Bertz CT molecular complexity index is 1370. The fourth-order valence-electron chi connectivity index (χ4n) is 3.38. The van der Waals surface area contributed by atoms with Gasteiger partial charge in [-0.15, -0.1) is 0 Å². The fourth-order valence-corrected chi connectivity index (χ4v) is 4.79. The zero-order valence-corrected chi connectivity index (χ0v) is 20.9. The average Bonchev–Trinajstić information content (AvgIpc) is 3.12. The van der Waals surface area contributed by atoms with E-state index in [0.29, 0.717) is 27.1 Å². The number of halogens is 2. The van der Waals surface area contributed by atoms with Crippen LogP contribution in [0.4, 0.5) is 9.18 Å². The second kappa shape index (κ2) is 10.8. The summed E-state index contributed by atoms with van der Waals surface area (Å²) < 4.78 is 26.0. The summed E-state index contributed by atoms with van der Waals surface area (Å²) in [4.78, 5) is 26.5. The second-order valence-electron chi connectivity index (χ2n) is 7.49. The number of carbonyl (C=O) groups excluding carboxylic acids is 2. The maximum absolute atomic E-state index is 14.0. The van der Waals surface area contributed by atoms with Gasteiger partial charge in [0.1, 0.15) is 12.4 Å². The number of hydrogen-bond donors (Lipinski definition) is 0. The zero-order chi connectivity index (χ0) is 24.9. The summed E-state index contributed by atoms with van der Waals surface area (Å²) in [6.07, 6.45) is 1.59. The molecule has 1 heterocycles. The Hall–Kier alpha value is -3.61. The number of rotatable bonds is 7. The highest BCUT2D eigenvalue weighted by atomic mass is 79.9. The molecule has 0 saturated carbocycles. The van der Waals surface area contributed by atoms with Crippen LogP contribution in [-0.4, -0.2) is 23.2 Å². The van der Waals surface area contributed by atoms with Crippen molar-refractivity contribution in [3.05, 3.63) is 98.1 Å². The van der Waals surface area contributed by atoms with Crippen LogP contribution in [0.15, 0.2) is 70.0 Å². The molecule has 35 heavy (non-hydrogen) atoms. The van der Waals surface area contributed by atoms with E-state index >= 15 is 0 Å². The molecule has 2 amide bonds. The van der Waals surface area contributed by atoms with Crippen molar-refractivity contribution in [1.29, 1.82) is 5.26 Å².